The molecular weight excluding hydrogens is 252 g/mol. The molecule has 1 atom stereocenters. The van der Waals surface area contributed by atoms with Crippen molar-refractivity contribution in [3.63, 3.8) is 0 Å². The summed E-state index contributed by atoms with van der Waals surface area (Å²) in [6.07, 6.45) is 1.77. The summed E-state index contributed by atoms with van der Waals surface area (Å²) in [5, 5.41) is 5.01. The molecule has 0 aliphatic carbocycles. The van der Waals surface area contributed by atoms with Crippen LogP contribution in [0.1, 0.15) is 25.7 Å². The van der Waals surface area contributed by atoms with Crippen LogP contribution >= 0.6 is 0 Å². The highest BCUT2D eigenvalue weighted by molar-refractivity contribution is 5.82. The van der Waals surface area contributed by atoms with Gasteiger partial charge in [-0.05, 0) is 30.2 Å². The zero-order chi connectivity index (χ0) is 14.1. The zero-order valence-corrected chi connectivity index (χ0v) is 11.4. The molecule has 1 unspecified atom stereocenters. The van der Waals surface area contributed by atoms with E-state index in [1.165, 1.54) is 0 Å². The highest BCUT2D eigenvalue weighted by Crippen LogP contribution is 2.24. The average molecular weight is 268 g/mol. The van der Waals surface area contributed by atoms with Gasteiger partial charge in [0.15, 0.2) is 5.82 Å². The quantitative estimate of drug-likeness (QED) is 0.790. The van der Waals surface area contributed by atoms with Crippen molar-refractivity contribution in [3.05, 3.63) is 42.4 Å². The Morgan fingerprint density at radius 1 is 1.20 bits per heavy atom. The molecule has 2 heterocycles. The fraction of sp³-hybridized carbons (Fsp3) is 0.267. The van der Waals surface area contributed by atoms with Gasteiger partial charge in [-0.15, -0.1) is 0 Å². The number of rotatable bonds is 3. The van der Waals surface area contributed by atoms with E-state index in [0.717, 1.165) is 16.5 Å². The van der Waals surface area contributed by atoms with Crippen LogP contribution in [0.4, 0.5) is 0 Å². The lowest BCUT2D eigenvalue weighted by molar-refractivity contribution is 0.400. The third-order valence-corrected chi connectivity index (χ3v) is 3.31. The molecule has 102 valence electrons. The smallest absolute Gasteiger partial charge is 0.258 e. The third kappa shape index (κ3) is 2.28. The zero-order valence-electron chi connectivity index (χ0n) is 11.4. The number of hydrogen-bond donors (Lipinski definition) is 1. The SMILES string of the molecule is CC(C)C(N)c1noc(-c2ccc3ncccc3c2)n1. The Labute approximate surface area is 116 Å². The molecule has 1 aromatic carbocycles. The molecule has 0 bridgehead atoms. The van der Waals surface area contributed by atoms with Crippen LogP contribution in [0.25, 0.3) is 22.4 Å². The molecule has 2 N–H and O–H groups in total. The molecule has 0 amide bonds. The van der Waals surface area contributed by atoms with Gasteiger partial charge in [-0.3, -0.25) is 4.98 Å². The van der Waals surface area contributed by atoms with Gasteiger partial charge >= 0.3 is 0 Å². The number of fused-ring (bicyclic) bond motifs is 1. The number of benzene rings is 1. The molecule has 0 aliphatic heterocycles. The van der Waals surface area contributed by atoms with E-state index in [1.807, 2.05) is 44.2 Å². The summed E-state index contributed by atoms with van der Waals surface area (Å²) in [5.74, 6) is 1.30. The van der Waals surface area contributed by atoms with Crippen molar-refractivity contribution in [1.29, 1.82) is 0 Å². The van der Waals surface area contributed by atoms with E-state index in [0.29, 0.717) is 11.7 Å². The van der Waals surface area contributed by atoms with Crippen LogP contribution in [0.2, 0.25) is 0 Å². The fourth-order valence-corrected chi connectivity index (χ4v) is 1.99. The van der Waals surface area contributed by atoms with E-state index in [4.69, 9.17) is 10.3 Å². The second-order valence-electron chi connectivity index (χ2n) is 5.14. The molecule has 0 aliphatic rings. The first-order chi connectivity index (χ1) is 9.65. The van der Waals surface area contributed by atoms with Crippen LogP contribution in [0, 0.1) is 5.92 Å². The van der Waals surface area contributed by atoms with Gasteiger partial charge in [0.1, 0.15) is 0 Å². The number of aromatic nitrogens is 3. The number of pyridine rings is 1. The van der Waals surface area contributed by atoms with Crippen LogP contribution in [-0.4, -0.2) is 15.1 Å². The normalized spacial score (nSPS) is 13.0. The third-order valence-electron chi connectivity index (χ3n) is 3.31. The Morgan fingerprint density at radius 3 is 2.85 bits per heavy atom. The summed E-state index contributed by atoms with van der Waals surface area (Å²) in [5.41, 5.74) is 7.84. The van der Waals surface area contributed by atoms with E-state index in [-0.39, 0.29) is 12.0 Å². The van der Waals surface area contributed by atoms with Gasteiger partial charge in [0, 0.05) is 17.1 Å². The maximum absolute atomic E-state index is 6.02. The molecular formula is C15H16N4O. The van der Waals surface area contributed by atoms with Gasteiger partial charge in [0.2, 0.25) is 0 Å². The summed E-state index contributed by atoms with van der Waals surface area (Å²) in [4.78, 5) is 8.67. The maximum Gasteiger partial charge on any atom is 0.258 e. The molecule has 0 fully saturated rings. The number of nitrogens with two attached hydrogens (primary N) is 1. The second kappa shape index (κ2) is 5.02. The standard InChI is InChI=1S/C15H16N4O/c1-9(2)13(16)14-18-15(20-19-14)11-5-6-12-10(8-11)4-3-7-17-12/h3-9,13H,16H2,1-2H3. The van der Waals surface area contributed by atoms with Crippen LogP contribution in [0.5, 0.6) is 0 Å². The van der Waals surface area contributed by atoms with Crippen molar-refractivity contribution in [2.75, 3.05) is 0 Å². The monoisotopic (exact) mass is 268 g/mol. The molecule has 5 heteroatoms. The Hall–Kier alpha value is -2.27. The fourth-order valence-electron chi connectivity index (χ4n) is 1.99. The highest BCUT2D eigenvalue weighted by Gasteiger charge is 2.18. The Balaban J connectivity index is 1.99. The molecule has 0 saturated carbocycles. The van der Waals surface area contributed by atoms with Gasteiger partial charge in [0.25, 0.3) is 5.89 Å². The predicted octanol–water partition coefficient (Wildman–Crippen LogP) is 2.94. The molecule has 0 spiro atoms. The van der Waals surface area contributed by atoms with E-state index in [9.17, 15) is 0 Å². The minimum atomic E-state index is -0.213. The lowest BCUT2D eigenvalue weighted by Gasteiger charge is -2.09. The topological polar surface area (TPSA) is 77.8 Å². The van der Waals surface area contributed by atoms with Gasteiger partial charge < -0.3 is 10.3 Å². The average Bonchev–Trinajstić information content (AvgIpc) is 2.95. The van der Waals surface area contributed by atoms with E-state index in [1.54, 1.807) is 6.20 Å². The summed E-state index contributed by atoms with van der Waals surface area (Å²) in [6.45, 7) is 4.06. The van der Waals surface area contributed by atoms with Crippen molar-refractivity contribution in [2.45, 2.75) is 19.9 Å². The van der Waals surface area contributed by atoms with Crippen LogP contribution < -0.4 is 5.73 Å². The van der Waals surface area contributed by atoms with E-state index < -0.39 is 0 Å². The van der Waals surface area contributed by atoms with Gasteiger partial charge in [-0.25, -0.2) is 0 Å². The van der Waals surface area contributed by atoms with Crippen molar-refractivity contribution < 1.29 is 4.52 Å². The molecule has 20 heavy (non-hydrogen) atoms. The summed E-state index contributed by atoms with van der Waals surface area (Å²) in [6, 6.07) is 9.54. The molecule has 5 nitrogen and oxygen atoms in total. The molecule has 3 aromatic rings. The number of hydrogen-bond acceptors (Lipinski definition) is 5. The molecule has 0 saturated heterocycles. The first-order valence-electron chi connectivity index (χ1n) is 6.59. The lowest BCUT2D eigenvalue weighted by atomic mass is 10.1. The number of nitrogens with zero attached hydrogens (tertiary/aromatic N) is 3. The first kappa shape index (κ1) is 12.7. The van der Waals surface area contributed by atoms with E-state index in [2.05, 4.69) is 15.1 Å². The Bertz CT molecular complexity index is 735. The Morgan fingerprint density at radius 2 is 2.05 bits per heavy atom. The molecule has 0 radical (unpaired) electrons. The van der Waals surface area contributed by atoms with Gasteiger partial charge in [-0.1, -0.05) is 25.1 Å². The maximum atomic E-state index is 6.02. The largest absolute Gasteiger partial charge is 0.334 e. The van der Waals surface area contributed by atoms with Crippen molar-refractivity contribution in [1.82, 2.24) is 15.1 Å². The summed E-state index contributed by atoms with van der Waals surface area (Å²) in [7, 11) is 0. The summed E-state index contributed by atoms with van der Waals surface area (Å²) < 4.78 is 5.31. The van der Waals surface area contributed by atoms with Crippen LogP contribution in [0.3, 0.4) is 0 Å². The predicted molar refractivity (Wildman–Crippen MR) is 76.8 cm³/mol. The highest BCUT2D eigenvalue weighted by atomic mass is 16.5. The van der Waals surface area contributed by atoms with Crippen molar-refractivity contribution in [2.24, 2.45) is 11.7 Å². The molecule has 2 aromatic heterocycles. The Kier molecular flexibility index (Phi) is 3.20. The molecule has 3 rings (SSSR count). The minimum Gasteiger partial charge on any atom is -0.334 e. The van der Waals surface area contributed by atoms with Crippen LogP contribution in [0.15, 0.2) is 41.1 Å². The van der Waals surface area contributed by atoms with Crippen molar-refractivity contribution in [3.8, 4) is 11.5 Å². The van der Waals surface area contributed by atoms with E-state index >= 15 is 0 Å². The van der Waals surface area contributed by atoms with Crippen molar-refractivity contribution >= 4 is 10.9 Å². The van der Waals surface area contributed by atoms with Gasteiger partial charge in [0.05, 0.1) is 11.6 Å². The first-order valence-corrected chi connectivity index (χ1v) is 6.59. The summed E-state index contributed by atoms with van der Waals surface area (Å²) >= 11 is 0. The van der Waals surface area contributed by atoms with Crippen LogP contribution in [-0.2, 0) is 0 Å². The van der Waals surface area contributed by atoms with Gasteiger partial charge in [-0.2, -0.15) is 4.98 Å². The minimum absolute atomic E-state index is 0.213. The lowest BCUT2D eigenvalue weighted by Crippen LogP contribution is -2.18. The second-order valence-corrected chi connectivity index (χ2v) is 5.14.